The minimum absolute atomic E-state index is 0.570. The van der Waals surface area contributed by atoms with E-state index in [9.17, 15) is 0 Å². The lowest BCUT2D eigenvalue weighted by molar-refractivity contribution is 0.502. The molecule has 0 saturated carbocycles. The molecule has 2 nitrogen and oxygen atoms in total. The monoisotopic (exact) mass is 131 g/mol. The Kier molecular flexibility index (Phi) is 1.92. The number of rotatable bonds is 2. The van der Waals surface area contributed by atoms with Gasteiger partial charge in [-0.15, -0.1) is 11.6 Å². The minimum Gasteiger partial charge on any atom is -0.449 e. The summed E-state index contributed by atoms with van der Waals surface area (Å²) in [6.45, 7) is 0. The van der Waals surface area contributed by atoms with E-state index in [1.165, 1.54) is 0 Å². The highest BCUT2D eigenvalue weighted by atomic mass is 35.5. The number of nitrogens with zero attached hydrogens (tertiary/aromatic N) is 1. The van der Waals surface area contributed by atoms with Crippen molar-refractivity contribution in [2.45, 2.75) is 6.42 Å². The van der Waals surface area contributed by atoms with Gasteiger partial charge in [-0.3, -0.25) is 0 Å². The molecule has 0 atom stereocenters. The van der Waals surface area contributed by atoms with Crippen LogP contribution in [0, 0.1) is 0 Å². The molecule has 0 aromatic carbocycles. The first kappa shape index (κ1) is 5.63. The molecule has 0 saturated heterocycles. The molecule has 1 rings (SSSR count). The summed E-state index contributed by atoms with van der Waals surface area (Å²) < 4.78 is 4.88. The van der Waals surface area contributed by atoms with Crippen LogP contribution in [-0.4, -0.2) is 10.9 Å². The Hall–Kier alpha value is -0.500. The summed E-state index contributed by atoms with van der Waals surface area (Å²) in [7, 11) is 0. The molecule has 8 heavy (non-hydrogen) atoms. The molecule has 0 spiro atoms. The Morgan fingerprint density at radius 1 is 1.75 bits per heavy atom. The molecule has 0 radical (unpaired) electrons. The molecule has 1 aromatic heterocycles. The Balaban J connectivity index is 2.50. The molecule has 0 amide bonds. The van der Waals surface area contributed by atoms with Gasteiger partial charge in [0.2, 0.25) is 0 Å². The first-order valence-electron chi connectivity index (χ1n) is 2.38. The second-order valence-electron chi connectivity index (χ2n) is 1.36. The minimum atomic E-state index is 0.570. The quantitative estimate of drug-likeness (QED) is 0.568. The SMILES string of the molecule is ClCCc1ncco1. The molecule has 44 valence electrons. The topological polar surface area (TPSA) is 26.0 Å². The lowest BCUT2D eigenvalue weighted by Gasteiger charge is -1.82. The number of halogens is 1. The highest BCUT2D eigenvalue weighted by molar-refractivity contribution is 6.17. The largest absolute Gasteiger partial charge is 0.449 e. The van der Waals surface area contributed by atoms with Gasteiger partial charge in [-0.2, -0.15) is 0 Å². The Morgan fingerprint density at radius 3 is 3.12 bits per heavy atom. The third kappa shape index (κ3) is 1.23. The van der Waals surface area contributed by atoms with Gasteiger partial charge in [-0.1, -0.05) is 0 Å². The number of hydrogen-bond acceptors (Lipinski definition) is 2. The summed E-state index contributed by atoms with van der Waals surface area (Å²) in [5, 5.41) is 0. The van der Waals surface area contributed by atoms with Crippen molar-refractivity contribution in [3.8, 4) is 0 Å². The van der Waals surface area contributed by atoms with Crippen molar-refractivity contribution in [3.63, 3.8) is 0 Å². The number of oxazole rings is 1. The third-order valence-electron chi connectivity index (χ3n) is 0.792. The highest BCUT2D eigenvalue weighted by Gasteiger charge is 1.91. The van der Waals surface area contributed by atoms with Gasteiger partial charge in [0.1, 0.15) is 6.26 Å². The molecule has 0 fully saturated rings. The van der Waals surface area contributed by atoms with Gasteiger partial charge in [-0.25, -0.2) is 4.98 Å². The second-order valence-corrected chi connectivity index (χ2v) is 1.74. The van der Waals surface area contributed by atoms with E-state index in [1.54, 1.807) is 12.5 Å². The smallest absolute Gasteiger partial charge is 0.195 e. The van der Waals surface area contributed by atoms with Crippen molar-refractivity contribution < 1.29 is 4.42 Å². The standard InChI is InChI=1S/C5H6ClNO/c6-2-1-5-7-3-4-8-5/h3-4H,1-2H2. The summed E-state index contributed by atoms with van der Waals surface area (Å²) in [5.41, 5.74) is 0. The van der Waals surface area contributed by atoms with Crippen molar-refractivity contribution in [2.75, 3.05) is 5.88 Å². The van der Waals surface area contributed by atoms with Crippen molar-refractivity contribution in [2.24, 2.45) is 0 Å². The van der Waals surface area contributed by atoms with Gasteiger partial charge in [-0.05, 0) is 0 Å². The predicted octanol–water partition coefficient (Wildman–Crippen LogP) is 1.46. The molecule has 0 aliphatic carbocycles. The van der Waals surface area contributed by atoms with Crippen LogP contribution in [-0.2, 0) is 6.42 Å². The van der Waals surface area contributed by atoms with Crippen molar-refractivity contribution in [1.29, 1.82) is 0 Å². The van der Waals surface area contributed by atoms with E-state index in [2.05, 4.69) is 4.98 Å². The Morgan fingerprint density at radius 2 is 2.62 bits per heavy atom. The van der Waals surface area contributed by atoms with Gasteiger partial charge >= 0.3 is 0 Å². The summed E-state index contributed by atoms with van der Waals surface area (Å²) >= 11 is 5.39. The average molecular weight is 132 g/mol. The van der Waals surface area contributed by atoms with E-state index in [0.29, 0.717) is 18.2 Å². The number of alkyl halides is 1. The summed E-state index contributed by atoms with van der Waals surface area (Å²) in [5.74, 6) is 1.28. The molecule has 0 N–H and O–H groups in total. The highest BCUT2D eigenvalue weighted by Crippen LogP contribution is 1.95. The summed E-state index contributed by atoms with van der Waals surface area (Å²) in [4.78, 5) is 3.85. The van der Waals surface area contributed by atoms with Gasteiger partial charge in [0.25, 0.3) is 0 Å². The lowest BCUT2D eigenvalue weighted by Crippen LogP contribution is -1.82. The zero-order valence-electron chi connectivity index (χ0n) is 4.30. The van der Waals surface area contributed by atoms with E-state index < -0.39 is 0 Å². The van der Waals surface area contributed by atoms with Crippen LogP contribution in [0.15, 0.2) is 16.9 Å². The lowest BCUT2D eigenvalue weighted by atomic mass is 10.5. The molecule has 1 heterocycles. The third-order valence-corrected chi connectivity index (χ3v) is 0.981. The zero-order valence-corrected chi connectivity index (χ0v) is 5.06. The zero-order chi connectivity index (χ0) is 5.82. The molecular formula is C5H6ClNO. The van der Waals surface area contributed by atoms with Crippen LogP contribution in [0.25, 0.3) is 0 Å². The average Bonchev–Trinajstić information content (AvgIpc) is 2.19. The number of aryl methyl sites for hydroxylation is 1. The van der Waals surface area contributed by atoms with Crippen molar-refractivity contribution in [1.82, 2.24) is 4.98 Å². The van der Waals surface area contributed by atoms with E-state index >= 15 is 0 Å². The van der Waals surface area contributed by atoms with E-state index in [-0.39, 0.29) is 0 Å². The fourth-order valence-corrected chi connectivity index (χ4v) is 0.619. The van der Waals surface area contributed by atoms with Crippen LogP contribution < -0.4 is 0 Å². The summed E-state index contributed by atoms with van der Waals surface area (Å²) in [6.07, 6.45) is 3.87. The molecular weight excluding hydrogens is 126 g/mol. The maximum atomic E-state index is 5.39. The first-order chi connectivity index (χ1) is 3.93. The molecule has 0 unspecified atom stereocenters. The van der Waals surface area contributed by atoms with E-state index in [1.807, 2.05) is 0 Å². The Labute approximate surface area is 52.5 Å². The summed E-state index contributed by atoms with van der Waals surface area (Å²) in [6, 6.07) is 0. The molecule has 0 aliphatic heterocycles. The van der Waals surface area contributed by atoms with Gasteiger partial charge < -0.3 is 4.42 Å². The van der Waals surface area contributed by atoms with Crippen LogP contribution in [0.4, 0.5) is 0 Å². The number of aromatic nitrogens is 1. The normalized spacial score (nSPS) is 9.62. The van der Waals surface area contributed by atoms with Crippen LogP contribution in [0.3, 0.4) is 0 Å². The van der Waals surface area contributed by atoms with Crippen LogP contribution >= 0.6 is 11.6 Å². The van der Waals surface area contributed by atoms with Crippen molar-refractivity contribution in [3.05, 3.63) is 18.4 Å². The van der Waals surface area contributed by atoms with Crippen LogP contribution in [0.1, 0.15) is 5.89 Å². The Bertz CT molecular complexity index is 138. The van der Waals surface area contributed by atoms with Crippen molar-refractivity contribution >= 4 is 11.6 Å². The van der Waals surface area contributed by atoms with Gasteiger partial charge in [0, 0.05) is 12.3 Å². The predicted molar refractivity (Wildman–Crippen MR) is 30.9 cm³/mol. The van der Waals surface area contributed by atoms with E-state index in [0.717, 1.165) is 0 Å². The molecule has 0 bridgehead atoms. The van der Waals surface area contributed by atoms with Gasteiger partial charge in [0.05, 0.1) is 6.20 Å². The maximum Gasteiger partial charge on any atom is 0.195 e. The maximum absolute atomic E-state index is 5.39. The second kappa shape index (κ2) is 2.72. The molecule has 0 aliphatic rings. The fraction of sp³-hybridized carbons (Fsp3) is 0.400. The van der Waals surface area contributed by atoms with Gasteiger partial charge in [0.15, 0.2) is 5.89 Å². The fourth-order valence-electron chi connectivity index (χ4n) is 0.457. The van der Waals surface area contributed by atoms with E-state index in [4.69, 9.17) is 16.0 Å². The van der Waals surface area contributed by atoms with Crippen LogP contribution in [0.2, 0.25) is 0 Å². The van der Waals surface area contributed by atoms with Crippen LogP contribution in [0.5, 0.6) is 0 Å². The molecule has 1 aromatic rings. The number of hydrogen-bond donors (Lipinski definition) is 0. The first-order valence-corrected chi connectivity index (χ1v) is 2.91. The molecule has 3 heteroatoms.